The van der Waals surface area contributed by atoms with Gasteiger partial charge >= 0.3 is 6.18 Å². The van der Waals surface area contributed by atoms with E-state index in [2.05, 4.69) is 9.73 Å². The molecule has 26 heavy (non-hydrogen) atoms. The molecule has 0 radical (unpaired) electrons. The van der Waals surface area contributed by atoms with Gasteiger partial charge in [0.2, 0.25) is 5.76 Å². The van der Waals surface area contributed by atoms with Gasteiger partial charge in [-0.3, -0.25) is 4.79 Å². The van der Waals surface area contributed by atoms with Crippen LogP contribution in [0.3, 0.4) is 0 Å². The Kier molecular flexibility index (Phi) is 4.73. The summed E-state index contributed by atoms with van der Waals surface area (Å²) in [6, 6.07) is 10.8. The molecule has 134 valence electrons. The van der Waals surface area contributed by atoms with Crippen LogP contribution >= 0.6 is 11.6 Å². The van der Waals surface area contributed by atoms with Gasteiger partial charge in [0.25, 0.3) is 5.91 Å². The first-order valence-electron chi connectivity index (χ1n) is 7.28. The van der Waals surface area contributed by atoms with Crippen molar-refractivity contribution in [2.45, 2.75) is 6.18 Å². The van der Waals surface area contributed by atoms with E-state index >= 15 is 0 Å². The maximum absolute atomic E-state index is 13.1. The molecule has 0 atom stereocenters. The molecule has 0 unspecified atom stereocenters. The lowest BCUT2D eigenvalue weighted by Crippen LogP contribution is -2.17. The average Bonchev–Trinajstić information content (AvgIpc) is 3.06. The van der Waals surface area contributed by atoms with E-state index in [9.17, 15) is 22.4 Å². The molecule has 8 heteroatoms. The summed E-state index contributed by atoms with van der Waals surface area (Å²) in [5, 5.41) is 2.65. The lowest BCUT2D eigenvalue weighted by Gasteiger charge is -2.13. The van der Waals surface area contributed by atoms with Crippen molar-refractivity contribution >= 4 is 23.2 Å². The first-order valence-corrected chi connectivity index (χ1v) is 7.65. The number of halogens is 5. The van der Waals surface area contributed by atoms with Crippen molar-refractivity contribution in [1.82, 2.24) is 0 Å². The van der Waals surface area contributed by atoms with Crippen molar-refractivity contribution in [2.24, 2.45) is 0 Å². The van der Waals surface area contributed by atoms with Crippen molar-refractivity contribution in [1.29, 1.82) is 0 Å². The van der Waals surface area contributed by atoms with Crippen LogP contribution in [0.15, 0.2) is 59.2 Å². The largest absolute Gasteiger partial charge is 0.459 e. The summed E-state index contributed by atoms with van der Waals surface area (Å²) < 4.78 is 56.2. The van der Waals surface area contributed by atoms with Crippen LogP contribution in [0.5, 0.6) is 0 Å². The average molecular weight is 384 g/mol. The van der Waals surface area contributed by atoms with Crippen molar-refractivity contribution in [3.05, 3.63) is 77.0 Å². The number of amides is 1. The van der Waals surface area contributed by atoms with Crippen molar-refractivity contribution in [2.75, 3.05) is 5.32 Å². The van der Waals surface area contributed by atoms with Crippen LogP contribution in [-0.2, 0) is 6.18 Å². The summed E-state index contributed by atoms with van der Waals surface area (Å²) in [6.07, 6.45) is -4.01. The van der Waals surface area contributed by atoms with Gasteiger partial charge in [-0.1, -0.05) is 29.8 Å². The van der Waals surface area contributed by atoms with Crippen molar-refractivity contribution < 1.29 is 26.8 Å². The minimum Gasteiger partial charge on any atom is -0.459 e. The second kappa shape index (κ2) is 6.84. The second-order valence-corrected chi connectivity index (χ2v) is 5.69. The van der Waals surface area contributed by atoms with Gasteiger partial charge in [0.05, 0.1) is 22.5 Å². The number of carbonyl (C=O) groups is 1. The Balaban J connectivity index is 1.99. The minimum atomic E-state index is -4.80. The van der Waals surface area contributed by atoms with Gasteiger partial charge in [-0.2, -0.15) is 13.2 Å². The van der Waals surface area contributed by atoms with Gasteiger partial charge in [0, 0.05) is 5.56 Å². The monoisotopic (exact) mass is 383 g/mol. The molecule has 1 amide bonds. The summed E-state index contributed by atoms with van der Waals surface area (Å²) in [7, 11) is 0. The molecule has 1 N–H and O–H groups in total. The molecule has 0 fully saturated rings. The van der Waals surface area contributed by atoms with Crippen LogP contribution in [0.4, 0.5) is 23.2 Å². The Morgan fingerprint density at radius 1 is 1.04 bits per heavy atom. The van der Waals surface area contributed by atoms with Crippen LogP contribution in [0.25, 0.3) is 11.1 Å². The number of hydrogen-bond acceptors (Lipinski definition) is 2. The van der Waals surface area contributed by atoms with Crippen LogP contribution in [0.1, 0.15) is 16.1 Å². The van der Waals surface area contributed by atoms with E-state index in [1.807, 2.05) is 0 Å². The molecule has 0 aliphatic rings. The van der Waals surface area contributed by atoms with Gasteiger partial charge in [0.15, 0.2) is 0 Å². The third kappa shape index (κ3) is 3.57. The van der Waals surface area contributed by atoms with Gasteiger partial charge < -0.3 is 9.73 Å². The fourth-order valence-corrected chi connectivity index (χ4v) is 2.72. The number of furan rings is 1. The number of anilines is 1. The van der Waals surface area contributed by atoms with Crippen LogP contribution < -0.4 is 5.32 Å². The molecule has 0 aliphatic carbocycles. The van der Waals surface area contributed by atoms with Crippen LogP contribution in [0, 0.1) is 5.82 Å². The Hall–Kier alpha value is -2.80. The highest BCUT2D eigenvalue weighted by atomic mass is 35.5. The van der Waals surface area contributed by atoms with Crippen molar-refractivity contribution in [3.63, 3.8) is 0 Å². The van der Waals surface area contributed by atoms with E-state index in [1.165, 1.54) is 36.4 Å². The quantitative estimate of drug-likeness (QED) is 0.563. The molecule has 3 nitrogen and oxygen atoms in total. The summed E-state index contributed by atoms with van der Waals surface area (Å²) in [5.41, 5.74) is 0.390. The first-order chi connectivity index (χ1) is 12.3. The standard InChI is InChI=1S/C18H10ClF4NO2/c19-13-2-1-3-14(15(13)10-4-6-11(20)7-5-10)24-17(25)12-8-9-26-16(12)18(21,22)23/h1-9H,(H,24,25). The SMILES string of the molecule is O=C(Nc1cccc(Cl)c1-c1ccc(F)cc1)c1ccoc1C(F)(F)F. The summed E-state index contributed by atoms with van der Waals surface area (Å²) >= 11 is 6.17. The molecular formula is C18H10ClF4NO2. The second-order valence-electron chi connectivity index (χ2n) is 5.28. The lowest BCUT2D eigenvalue weighted by atomic mass is 10.0. The fraction of sp³-hybridized carbons (Fsp3) is 0.0556. The molecule has 2 aromatic carbocycles. The zero-order valence-corrected chi connectivity index (χ0v) is 13.7. The molecule has 1 heterocycles. The number of benzene rings is 2. The lowest BCUT2D eigenvalue weighted by molar-refractivity contribution is -0.153. The van der Waals surface area contributed by atoms with E-state index in [0.717, 1.165) is 12.3 Å². The Labute approximate surface area is 150 Å². The zero-order valence-electron chi connectivity index (χ0n) is 12.9. The maximum atomic E-state index is 13.1. The first kappa shape index (κ1) is 18.0. The molecule has 0 spiro atoms. The minimum absolute atomic E-state index is 0.184. The third-order valence-corrected chi connectivity index (χ3v) is 3.88. The Morgan fingerprint density at radius 2 is 1.73 bits per heavy atom. The van der Waals surface area contributed by atoms with Gasteiger partial charge in [-0.15, -0.1) is 0 Å². The van der Waals surface area contributed by atoms with E-state index < -0.39 is 29.2 Å². The maximum Gasteiger partial charge on any atom is 0.450 e. The van der Waals surface area contributed by atoms with Crippen LogP contribution in [0.2, 0.25) is 5.02 Å². The number of rotatable bonds is 3. The predicted molar refractivity (Wildman–Crippen MR) is 88.5 cm³/mol. The number of hydrogen-bond donors (Lipinski definition) is 1. The van der Waals surface area contributed by atoms with Gasteiger partial charge in [0.1, 0.15) is 5.82 Å². The third-order valence-electron chi connectivity index (χ3n) is 3.56. The summed E-state index contributed by atoms with van der Waals surface area (Å²) in [4.78, 5) is 12.3. The predicted octanol–water partition coefficient (Wildman–Crippen LogP) is 6.01. The molecule has 0 bridgehead atoms. The van der Waals surface area contributed by atoms with Gasteiger partial charge in [-0.25, -0.2) is 4.39 Å². The molecule has 0 aliphatic heterocycles. The highest BCUT2D eigenvalue weighted by Gasteiger charge is 2.39. The van der Waals surface area contributed by atoms with E-state index in [1.54, 1.807) is 6.07 Å². The van der Waals surface area contributed by atoms with Crippen LogP contribution in [-0.4, -0.2) is 5.91 Å². The number of nitrogens with one attached hydrogen (secondary N) is 1. The molecule has 0 saturated carbocycles. The highest BCUT2D eigenvalue weighted by Crippen LogP contribution is 2.36. The molecule has 3 aromatic rings. The fourth-order valence-electron chi connectivity index (χ4n) is 2.44. The Bertz CT molecular complexity index is 949. The molecule has 3 rings (SSSR count). The number of alkyl halides is 3. The molecular weight excluding hydrogens is 374 g/mol. The number of carbonyl (C=O) groups excluding carboxylic acids is 1. The smallest absolute Gasteiger partial charge is 0.450 e. The summed E-state index contributed by atoms with van der Waals surface area (Å²) in [5.74, 6) is -2.85. The van der Waals surface area contributed by atoms with Gasteiger partial charge in [-0.05, 0) is 35.9 Å². The molecule has 0 saturated heterocycles. The summed E-state index contributed by atoms with van der Waals surface area (Å²) in [6.45, 7) is 0. The van der Waals surface area contributed by atoms with E-state index in [4.69, 9.17) is 11.6 Å². The van der Waals surface area contributed by atoms with E-state index in [-0.39, 0.29) is 10.7 Å². The normalized spacial score (nSPS) is 11.4. The van der Waals surface area contributed by atoms with E-state index in [0.29, 0.717) is 11.1 Å². The zero-order chi connectivity index (χ0) is 18.9. The molecule has 1 aromatic heterocycles. The topological polar surface area (TPSA) is 42.2 Å². The van der Waals surface area contributed by atoms with Crippen molar-refractivity contribution in [3.8, 4) is 11.1 Å². The highest BCUT2D eigenvalue weighted by molar-refractivity contribution is 6.34. The Morgan fingerprint density at radius 3 is 2.38 bits per heavy atom.